The third-order valence-corrected chi connectivity index (χ3v) is 7.06. The van der Waals surface area contributed by atoms with E-state index < -0.39 is 0 Å². The number of rotatable bonds is 2. The first-order chi connectivity index (χ1) is 12.0. The fraction of sp³-hybridized carbons (Fsp3) is 0.632. The monoisotopic (exact) mass is 381 g/mol. The molecule has 2 amide bonds. The van der Waals surface area contributed by atoms with Gasteiger partial charge in [0.25, 0.3) is 0 Å². The minimum Gasteiger partial charge on any atom is -0.335 e. The zero-order valence-electron chi connectivity index (χ0n) is 14.3. The topological polar surface area (TPSA) is 58.4 Å². The number of carbonyl (C=O) groups is 1. The highest BCUT2D eigenvalue weighted by Crippen LogP contribution is 2.40. The molecule has 3 N–H and O–H groups in total. The molecule has 0 spiro atoms. The summed E-state index contributed by atoms with van der Waals surface area (Å²) in [6.07, 6.45) is 5.44. The van der Waals surface area contributed by atoms with Crippen molar-refractivity contribution in [2.24, 2.45) is 17.6 Å². The van der Waals surface area contributed by atoms with Gasteiger partial charge in [-0.15, -0.1) is 0 Å². The summed E-state index contributed by atoms with van der Waals surface area (Å²) in [4.78, 5) is 14.6. The lowest BCUT2D eigenvalue weighted by Crippen LogP contribution is -2.49. The van der Waals surface area contributed by atoms with Gasteiger partial charge in [-0.3, -0.25) is 0 Å². The smallest absolute Gasteiger partial charge is 0.317 e. The first kappa shape index (κ1) is 17.4. The van der Waals surface area contributed by atoms with Crippen LogP contribution in [0.3, 0.4) is 0 Å². The van der Waals surface area contributed by atoms with Gasteiger partial charge in [-0.05, 0) is 61.1 Å². The minimum absolute atomic E-state index is 0.0826. The normalized spacial score (nSPS) is 34.4. The molecule has 0 bridgehead atoms. The predicted octanol–water partition coefficient (Wildman–Crippen LogP) is 4.01. The van der Waals surface area contributed by atoms with Gasteiger partial charge in [0.2, 0.25) is 0 Å². The van der Waals surface area contributed by atoms with E-state index >= 15 is 0 Å². The molecular weight excluding hydrogens is 357 g/mol. The van der Waals surface area contributed by atoms with Gasteiger partial charge in [0, 0.05) is 25.2 Å². The molecule has 2 aliphatic carbocycles. The Morgan fingerprint density at radius 2 is 1.96 bits per heavy atom. The maximum absolute atomic E-state index is 12.6. The number of amides is 2. The Bertz CT molecular complexity index is 662. The van der Waals surface area contributed by atoms with E-state index in [9.17, 15) is 4.79 Å². The SMILES string of the molecule is NC1CCCC2CN(C(=O)NC3CC(c4ccc(Cl)c(Cl)c4)C3)CC12. The summed E-state index contributed by atoms with van der Waals surface area (Å²) in [6.45, 7) is 1.69. The van der Waals surface area contributed by atoms with Crippen molar-refractivity contribution in [2.75, 3.05) is 13.1 Å². The largest absolute Gasteiger partial charge is 0.335 e. The zero-order valence-corrected chi connectivity index (χ0v) is 15.8. The minimum atomic E-state index is 0.0826. The molecule has 4 nitrogen and oxygen atoms in total. The van der Waals surface area contributed by atoms with Crippen molar-refractivity contribution in [1.82, 2.24) is 10.2 Å². The maximum Gasteiger partial charge on any atom is 0.317 e. The Morgan fingerprint density at radius 1 is 1.16 bits per heavy atom. The van der Waals surface area contributed by atoms with Gasteiger partial charge in [0.15, 0.2) is 0 Å². The average Bonchev–Trinajstić information content (AvgIpc) is 2.99. The number of carbonyl (C=O) groups excluding carboxylic acids is 1. The molecule has 0 aromatic heterocycles. The highest BCUT2D eigenvalue weighted by molar-refractivity contribution is 6.42. The van der Waals surface area contributed by atoms with E-state index in [1.165, 1.54) is 18.4 Å². The lowest BCUT2D eigenvalue weighted by atomic mass is 9.76. The molecule has 2 saturated carbocycles. The molecule has 3 atom stereocenters. The van der Waals surface area contributed by atoms with Crippen LogP contribution in [0.1, 0.15) is 43.6 Å². The van der Waals surface area contributed by atoms with Crippen molar-refractivity contribution in [3.63, 3.8) is 0 Å². The van der Waals surface area contributed by atoms with E-state index in [2.05, 4.69) is 5.32 Å². The van der Waals surface area contributed by atoms with E-state index in [0.29, 0.717) is 27.8 Å². The standard InChI is InChI=1S/C19H25Cl2N3O/c20-16-5-4-11(8-17(16)21)13-6-14(7-13)23-19(25)24-9-12-2-1-3-18(22)15(12)10-24/h4-5,8,12-15,18H,1-3,6-7,9-10,22H2,(H,23,25). The van der Waals surface area contributed by atoms with Crippen LogP contribution in [0.4, 0.5) is 4.79 Å². The van der Waals surface area contributed by atoms with Crippen LogP contribution >= 0.6 is 23.2 Å². The molecule has 1 aromatic carbocycles. The molecule has 1 saturated heterocycles. The van der Waals surface area contributed by atoms with Crippen molar-refractivity contribution in [3.05, 3.63) is 33.8 Å². The van der Waals surface area contributed by atoms with Crippen molar-refractivity contribution in [1.29, 1.82) is 0 Å². The number of hydrogen-bond donors (Lipinski definition) is 2. The van der Waals surface area contributed by atoms with E-state index in [-0.39, 0.29) is 18.1 Å². The molecule has 0 radical (unpaired) electrons. The van der Waals surface area contributed by atoms with Gasteiger partial charge in [0.05, 0.1) is 10.0 Å². The van der Waals surface area contributed by atoms with Crippen LogP contribution in [0.5, 0.6) is 0 Å². The van der Waals surface area contributed by atoms with Crippen molar-refractivity contribution < 1.29 is 4.79 Å². The van der Waals surface area contributed by atoms with E-state index in [0.717, 1.165) is 32.4 Å². The fourth-order valence-corrected chi connectivity index (χ4v) is 5.03. The van der Waals surface area contributed by atoms with Gasteiger partial charge in [-0.25, -0.2) is 4.79 Å². The van der Waals surface area contributed by atoms with E-state index in [1.54, 1.807) is 0 Å². The van der Waals surface area contributed by atoms with Gasteiger partial charge in [-0.1, -0.05) is 35.7 Å². The summed E-state index contributed by atoms with van der Waals surface area (Å²) in [5.74, 6) is 1.54. The summed E-state index contributed by atoms with van der Waals surface area (Å²) < 4.78 is 0. The first-order valence-electron chi connectivity index (χ1n) is 9.27. The van der Waals surface area contributed by atoms with Crippen LogP contribution in [0.25, 0.3) is 0 Å². The second kappa shape index (κ2) is 6.98. The molecule has 1 aliphatic heterocycles. The first-order valence-corrected chi connectivity index (χ1v) is 10.0. The van der Waals surface area contributed by atoms with Gasteiger partial charge in [-0.2, -0.15) is 0 Å². The summed E-state index contributed by atoms with van der Waals surface area (Å²) >= 11 is 12.1. The number of likely N-dealkylation sites (tertiary alicyclic amines) is 1. The maximum atomic E-state index is 12.6. The third kappa shape index (κ3) is 3.49. The highest BCUT2D eigenvalue weighted by Gasteiger charge is 2.41. The Labute approximate surface area is 159 Å². The van der Waals surface area contributed by atoms with Crippen LogP contribution < -0.4 is 11.1 Å². The lowest BCUT2D eigenvalue weighted by molar-refractivity contribution is 0.189. The van der Waals surface area contributed by atoms with Crippen molar-refractivity contribution >= 4 is 29.2 Å². The van der Waals surface area contributed by atoms with Crippen molar-refractivity contribution in [3.8, 4) is 0 Å². The summed E-state index contributed by atoms with van der Waals surface area (Å²) in [5, 5.41) is 4.38. The van der Waals surface area contributed by atoms with Crippen LogP contribution in [0.2, 0.25) is 10.0 Å². The molecule has 3 aliphatic rings. The van der Waals surface area contributed by atoms with Crippen LogP contribution in [0.15, 0.2) is 18.2 Å². The number of halogens is 2. The number of benzene rings is 1. The van der Waals surface area contributed by atoms with Gasteiger partial charge < -0.3 is 16.0 Å². The van der Waals surface area contributed by atoms with E-state index in [1.807, 2.05) is 23.1 Å². The number of fused-ring (bicyclic) bond motifs is 1. The molecule has 3 fully saturated rings. The van der Waals surface area contributed by atoms with Crippen molar-refractivity contribution in [2.45, 2.75) is 50.1 Å². The molecule has 1 aromatic rings. The Hall–Kier alpha value is -0.970. The number of nitrogens with two attached hydrogens (primary N) is 1. The second-order valence-electron chi connectivity index (χ2n) is 7.91. The quantitative estimate of drug-likeness (QED) is 0.812. The molecular formula is C19H25Cl2N3O. The number of urea groups is 1. The molecule has 136 valence electrons. The Kier molecular flexibility index (Phi) is 4.87. The number of hydrogen-bond acceptors (Lipinski definition) is 2. The zero-order chi connectivity index (χ0) is 17.6. The predicted molar refractivity (Wildman–Crippen MR) is 101 cm³/mol. The van der Waals surface area contributed by atoms with Gasteiger partial charge in [0.1, 0.15) is 0 Å². The molecule has 25 heavy (non-hydrogen) atoms. The second-order valence-corrected chi connectivity index (χ2v) is 8.73. The summed E-state index contributed by atoms with van der Waals surface area (Å²) in [7, 11) is 0. The number of nitrogens with one attached hydrogen (secondary N) is 1. The van der Waals surface area contributed by atoms with Crippen LogP contribution in [-0.2, 0) is 0 Å². The van der Waals surface area contributed by atoms with Crippen LogP contribution in [0, 0.1) is 11.8 Å². The average molecular weight is 382 g/mol. The Balaban J connectivity index is 1.28. The molecule has 6 heteroatoms. The molecule has 1 heterocycles. The van der Waals surface area contributed by atoms with E-state index in [4.69, 9.17) is 28.9 Å². The van der Waals surface area contributed by atoms with Gasteiger partial charge >= 0.3 is 6.03 Å². The third-order valence-electron chi connectivity index (χ3n) is 6.32. The molecule has 4 rings (SSSR count). The summed E-state index contributed by atoms with van der Waals surface area (Å²) in [6, 6.07) is 6.42. The fourth-order valence-electron chi connectivity index (χ4n) is 4.72. The lowest BCUT2D eigenvalue weighted by Gasteiger charge is -2.37. The molecule has 3 unspecified atom stereocenters. The highest BCUT2D eigenvalue weighted by atomic mass is 35.5. The summed E-state index contributed by atoms with van der Waals surface area (Å²) in [5.41, 5.74) is 7.45. The van der Waals surface area contributed by atoms with Crippen LogP contribution in [-0.4, -0.2) is 36.1 Å². The Morgan fingerprint density at radius 3 is 2.68 bits per heavy atom. The number of nitrogens with zero attached hydrogens (tertiary/aromatic N) is 1.